The van der Waals surface area contributed by atoms with Crippen molar-refractivity contribution in [1.82, 2.24) is 5.32 Å². The Bertz CT molecular complexity index is 103. The molecule has 0 spiro atoms. The topological polar surface area (TPSA) is 24.4 Å². The van der Waals surface area contributed by atoms with Crippen molar-refractivity contribution in [3.05, 3.63) is 25.1 Å². The van der Waals surface area contributed by atoms with Crippen molar-refractivity contribution >= 4 is 6.21 Å². The van der Waals surface area contributed by atoms with Gasteiger partial charge in [-0.05, 0) is 0 Å². The maximum atomic E-state index is 3.79. The van der Waals surface area contributed by atoms with Crippen LogP contribution in [-0.4, -0.2) is 13.3 Å². The van der Waals surface area contributed by atoms with E-state index in [0.29, 0.717) is 0 Å². The molecule has 0 radical (unpaired) electrons. The number of rotatable bonds is 3. The molecule has 0 unspecified atom stereocenters. The molecule has 0 rings (SSSR count). The summed E-state index contributed by atoms with van der Waals surface area (Å²) in [7, 11) is 1.82. The lowest BCUT2D eigenvalue weighted by Gasteiger charge is -1.78. The molecule has 2 heteroatoms. The van der Waals surface area contributed by atoms with Crippen molar-refractivity contribution in [3.8, 4) is 0 Å². The number of allylic oxidation sites excluding steroid dienone is 1. The number of hydrogen-bond donors (Lipinski definition) is 1. The predicted molar refractivity (Wildman–Crippen MR) is 36.9 cm³/mol. The molecule has 0 amide bonds. The van der Waals surface area contributed by atoms with Gasteiger partial charge in [0.15, 0.2) is 0 Å². The van der Waals surface area contributed by atoms with Gasteiger partial charge in [-0.1, -0.05) is 12.7 Å². The van der Waals surface area contributed by atoms with E-state index in [-0.39, 0.29) is 0 Å². The van der Waals surface area contributed by atoms with E-state index in [1.807, 2.05) is 7.05 Å². The Labute approximate surface area is 49.6 Å². The summed E-state index contributed by atoms with van der Waals surface area (Å²) in [5, 5.41) is 2.80. The highest BCUT2D eigenvalue weighted by Gasteiger charge is 1.56. The fraction of sp³-hybridized carbons (Fsp3) is 0.167. The number of nitrogens with one attached hydrogen (secondary N) is 1. The summed E-state index contributed by atoms with van der Waals surface area (Å²) in [4.78, 5) is 3.79. The standard InChI is InChI=1S/C6H10N2/c1-3-4-8-6-5-7-2/h3-7H,1H2,2H3. The second-order valence-electron chi connectivity index (χ2n) is 1.14. The second kappa shape index (κ2) is 5.95. The third-order valence-corrected chi connectivity index (χ3v) is 0.519. The maximum Gasteiger partial charge on any atom is 0.0424 e. The Morgan fingerprint density at radius 2 is 2.38 bits per heavy atom. The molecule has 0 saturated carbocycles. The van der Waals surface area contributed by atoms with Gasteiger partial charge in [0, 0.05) is 25.7 Å². The Morgan fingerprint density at radius 1 is 1.62 bits per heavy atom. The summed E-state index contributed by atoms with van der Waals surface area (Å²) in [6.45, 7) is 3.45. The van der Waals surface area contributed by atoms with E-state index >= 15 is 0 Å². The van der Waals surface area contributed by atoms with Crippen LogP contribution < -0.4 is 5.32 Å². The zero-order chi connectivity index (χ0) is 6.24. The van der Waals surface area contributed by atoms with Gasteiger partial charge >= 0.3 is 0 Å². The molecule has 0 atom stereocenters. The second-order valence-corrected chi connectivity index (χ2v) is 1.14. The summed E-state index contributed by atoms with van der Waals surface area (Å²) < 4.78 is 0. The fourth-order valence-corrected chi connectivity index (χ4v) is 0.228. The third kappa shape index (κ3) is 4.95. The van der Waals surface area contributed by atoms with Gasteiger partial charge in [-0.3, -0.25) is 4.99 Å². The third-order valence-electron chi connectivity index (χ3n) is 0.519. The van der Waals surface area contributed by atoms with Crippen LogP contribution >= 0.6 is 0 Å². The van der Waals surface area contributed by atoms with Gasteiger partial charge in [0.2, 0.25) is 0 Å². The number of hydrogen-bond acceptors (Lipinski definition) is 2. The summed E-state index contributed by atoms with van der Waals surface area (Å²) in [5.74, 6) is 0. The first-order valence-corrected chi connectivity index (χ1v) is 2.38. The normalized spacial score (nSPS) is 10.6. The van der Waals surface area contributed by atoms with Crippen LogP contribution in [0.3, 0.4) is 0 Å². The van der Waals surface area contributed by atoms with Gasteiger partial charge in [-0.15, -0.1) is 0 Å². The Kier molecular flexibility index (Phi) is 5.17. The minimum absolute atomic E-state index is 1.62. The molecular formula is C6H10N2. The van der Waals surface area contributed by atoms with E-state index < -0.39 is 0 Å². The monoisotopic (exact) mass is 110 g/mol. The maximum absolute atomic E-state index is 3.79. The van der Waals surface area contributed by atoms with Crippen molar-refractivity contribution in [1.29, 1.82) is 0 Å². The van der Waals surface area contributed by atoms with Crippen LogP contribution in [0.15, 0.2) is 30.0 Å². The van der Waals surface area contributed by atoms with E-state index in [0.717, 1.165) is 0 Å². The molecule has 0 heterocycles. The van der Waals surface area contributed by atoms with Gasteiger partial charge < -0.3 is 5.32 Å². The summed E-state index contributed by atoms with van der Waals surface area (Å²) in [5.41, 5.74) is 0. The van der Waals surface area contributed by atoms with Crippen LogP contribution in [0.5, 0.6) is 0 Å². The van der Waals surface area contributed by atoms with E-state index in [9.17, 15) is 0 Å². The van der Waals surface area contributed by atoms with Crippen LogP contribution in [0, 0.1) is 0 Å². The first-order chi connectivity index (χ1) is 3.91. The molecule has 0 bridgehead atoms. The van der Waals surface area contributed by atoms with Crippen LogP contribution in [0.2, 0.25) is 0 Å². The molecule has 0 aromatic rings. The molecule has 1 N–H and O–H groups in total. The van der Waals surface area contributed by atoms with Crippen LogP contribution in [0.4, 0.5) is 0 Å². The zero-order valence-electron chi connectivity index (χ0n) is 4.96. The minimum Gasteiger partial charge on any atom is -0.393 e. The van der Waals surface area contributed by atoms with E-state index in [1.165, 1.54) is 0 Å². The highest BCUT2D eigenvalue weighted by molar-refractivity contribution is 5.70. The van der Waals surface area contributed by atoms with Crippen molar-refractivity contribution in [2.75, 3.05) is 7.05 Å². The highest BCUT2D eigenvalue weighted by atomic mass is 14.8. The van der Waals surface area contributed by atoms with Gasteiger partial charge in [-0.2, -0.15) is 0 Å². The SMILES string of the molecule is C=CC=NC=CNC. The largest absolute Gasteiger partial charge is 0.393 e. The minimum atomic E-state index is 1.62. The Hall–Kier alpha value is -1.05. The average molecular weight is 110 g/mol. The molecule has 2 nitrogen and oxygen atoms in total. The molecule has 0 saturated heterocycles. The lowest BCUT2D eigenvalue weighted by atomic mass is 10.7. The molecule has 0 fully saturated rings. The highest BCUT2D eigenvalue weighted by Crippen LogP contribution is 1.66. The van der Waals surface area contributed by atoms with Crippen molar-refractivity contribution in [2.45, 2.75) is 0 Å². The van der Waals surface area contributed by atoms with Crippen LogP contribution in [0.25, 0.3) is 0 Å². The summed E-state index contributed by atoms with van der Waals surface area (Å²) >= 11 is 0. The first-order valence-electron chi connectivity index (χ1n) is 2.38. The quantitative estimate of drug-likeness (QED) is 0.537. The lowest BCUT2D eigenvalue weighted by molar-refractivity contribution is 1.09. The van der Waals surface area contributed by atoms with E-state index in [4.69, 9.17) is 0 Å². The molecule has 8 heavy (non-hydrogen) atoms. The van der Waals surface area contributed by atoms with Crippen molar-refractivity contribution < 1.29 is 0 Å². The average Bonchev–Trinajstić information content (AvgIpc) is 1.81. The van der Waals surface area contributed by atoms with Gasteiger partial charge in [0.25, 0.3) is 0 Å². The van der Waals surface area contributed by atoms with Gasteiger partial charge in [0.05, 0.1) is 0 Å². The number of aliphatic imine (C=N–C) groups is 1. The lowest BCUT2D eigenvalue weighted by Crippen LogP contribution is -1.89. The molecule has 0 aliphatic carbocycles. The van der Waals surface area contributed by atoms with E-state index in [2.05, 4.69) is 16.9 Å². The summed E-state index contributed by atoms with van der Waals surface area (Å²) in [6.07, 6.45) is 6.63. The van der Waals surface area contributed by atoms with Crippen LogP contribution in [-0.2, 0) is 0 Å². The Balaban J connectivity index is 3.26. The van der Waals surface area contributed by atoms with Crippen LogP contribution in [0.1, 0.15) is 0 Å². The zero-order valence-corrected chi connectivity index (χ0v) is 4.96. The molecular weight excluding hydrogens is 100 g/mol. The molecule has 0 aliphatic rings. The first kappa shape index (κ1) is 6.95. The number of nitrogens with zero attached hydrogens (tertiary/aromatic N) is 1. The van der Waals surface area contributed by atoms with E-state index in [1.54, 1.807) is 24.7 Å². The van der Waals surface area contributed by atoms with Gasteiger partial charge in [0.1, 0.15) is 0 Å². The molecule has 0 aliphatic heterocycles. The molecule has 0 aromatic heterocycles. The Morgan fingerprint density at radius 3 is 2.88 bits per heavy atom. The van der Waals surface area contributed by atoms with Gasteiger partial charge in [-0.25, -0.2) is 0 Å². The predicted octanol–water partition coefficient (Wildman–Crippen LogP) is 0.934. The summed E-state index contributed by atoms with van der Waals surface area (Å²) in [6, 6.07) is 0. The molecule has 0 aromatic carbocycles. The van der Waals surface area contributed by atoms with Crippen molar-refractivity contribution in [2.24, 2.45) is 4.99 Å². The molecule has 44 valence electrons. The van der Waals surface area contributed by atoms with Crippen molar-refractivity contribution in [3.63, 3.8) is 0 Å². The smallest absolute Gasteiger partial charge is 0.0424 e. The fourth-order valence-electron chi connectivity index (χ4n) is 0.228.